The fraction of sp³-hybridized carbons (Fsp3) is 0.556. The van der Waals surface area contributed by atoms with Gasteiger partial charge in [-0.25, -0.2) is 8.42 Å². The molecule has 2 amide bonds. The molecule has 1 unspecified atom stereocenters. The third-order valence-electron chi connectivity index (χ3n) is 4.72. The molecule has 6 nitrogen and oxygen atoms in total. The summed E-state index contributed by atoms with van der Waals surface area (Å²) < 4.78 is 23.2. The van der Waals surface area contributed by atoms with Gasteiger partial charge in [-0.2, -0.15) is 0 Å². The van der Waals surface area contributed by atoms with Gasteiger partial charge in [0.15, 0.2) is 9.84 Å². The number of amides is 2. The second-order valence-electron chi connectivity index (χ2n) is 7.09. The van der Waals surface area contributed by atoms with E-state index in [4.69, 9.17) is 0 Å². The van der Waals surface area contributed by atoms with Crippen molar-refractivity contribution in [2.24, 2.45) is 5.41 Å². The van der Waals surface area contributed by atoms with Crippen LogP contribution in [-0.4, -0.2) is 56.3 Å². The zero-order chi connectivity index (χ0) is 18.7. The Balaban J connectivity index is 1.92. The summed E-state index contributed by atoms with van der Waals surface area (Å²) in [5.74, 6) is -0.632. The molecule has 0 spiro atoms. The highest BCUT2D eigenvalue weighted by molar-refractivity contribution is 7.91. The number of carbonyl (C=O) groups is 2. The minimum Gasteiger partial charge on any atom is -0.355 e. The molecular weight excluding hydrogens is 340 g/mol. The van der Waals surface area contributed by atoms with Crippen molar-refractivity contribution in [3.63, 3.8) is 0 Å². The summed E-state index contributed by atoms with van der Waals surface area (Å²) in [7, 11) is -1.50. The van der Waals surface area contributed by atoms with Gasteiger partial charge in [-0.1, -0.05) is 30.3 Å². The molecule has 1 fully saturated rings. The lowest BCUT2D eigenvalue weighted by atomic mass is 9.89. The van der Waals surface area contributed by atoms with Crippen molar-refractivity contribution in [1.82, 2.24) is 10.2 Å². The molecule has 1 aromatic carbocycles. The molecule has 0 saturated carbocycles. The van der Waals surface area contributed by atoms with Gasteiger partial charge in [-0.05, 0) is 32.3 Å². The van der Waals surface area contributed by atoms with Crippen molar-refractivity contribution in [3.8, 4) is 0 Å². The van der Waals surface area contributed by atoms with Crippen LogP contribution in [0.25, 0.3) is 0 Å². The quantitative estimate of drug-likeness (QED) is 0.762. The van der Waals surface area contributed by atoms with Gasteiger partial charge < -0.3 is 10.2 Å². The van der Waals surface area contributed by atoms with Crippen LogP contribution in [-0.2, 0) is 25.8 Å². The summed E-state index contributed by atoms with van der Waals surface area (Å²) >= 11 is 0. The highest BCUT2D eigenvalue weighted by Crippen LogP contribution is 2.24. The summed E-state index contributed by atoms with van der Waals surface area (Å²) in [5.41, 5.74) is -0.127. The van der Waals surface area contributed by atoms with Crippen LogP contribution in [0.4, 0.5) is 0 Å². The van der Waals surface area contributed by atoms with E-state index in [1.54, 1.807) is 20.9 Å². The Morgan fingerprint density at radius 1 is 1.24 bits per heavy atom. The zero-order valence-corrected chi connectivity index (χ0v) is 15.8. The minimum atomic E-state index is -3.08. The van der Waals surface area contributed by atoms with E-state index in [0.29, 0.717) is 19.4 Å². The van der Waals surface area contributed by atoms with Gasteiger partial charge in [-0.15, -0.1) is 0 Å². The van der Waals surface area contributed by atoms with Crippen LogP contribution in [0.3, 0.4) is 0 Å². The first-order valence-corrected chi connectivity index (χ1v) is 10.3. The molecule has 0 aromatic heterocycles. The highest BCUT2D eigenvalue weighted by Gasteiger charge is 2.42. The lowest BCUT2D eigenvalue weighted by molar-refractivity contribution is -0.148. The number of sulfone groups is 1. The number of nitrogens with zero attached hydrogens (tertiary/aromatic N) is 1. The van der Waals surface area contributed by atoms with Gasteiger partial charge in [0, 0.05) is 19.6 Å². The lowest BCUT2D eigenvalue weighted by Gasteiger charge is -2.31. The molecule has 7 heteroatoms. The largest absolute Gasteiger partial charge is 0.355 e. The van der Waals surface area contributed by atoms with E-state index in [-0.39, 0.29) is 29.4 Å². The van der Waals surface area contributed by atoms with E-state index in [1.807, 2.05) is 30.3 Å². The molecule has 1 aliphatic rings. The monoisotopic (exact) mass is 366 g/mol. The van der Waals surface area contributed by atoms with Crippen LogP contribution in [0.15, 0.2) is 30.3 Å². The van der Waals surface area contributed by atoms with Crippen LogP contribution in [0.1, 0.15) is 25.8 Å². The van der Waals surface area contributed by atoms with Gasteiger partial charge in [0.2, 0.25) is 11.8 Å². The number of carbonyl (C=O) groups excluding carboxylic acids is 2. The predicted molar refractivity (Wildman–Crippen MR) is 96.8 cm³/mol. The van der Waals surface area contributed by atoms with Gasteiger partial charge in [-0.3, -0.25) is 9.59 Å². The van der Waals surface area contributed by atoms with E-state index in [2.05, 4.69) is 5.32 Å². The van der Waals surface area contributed by atoms with Crippen molar-refractivity contribution in [1.29, 1.82) is 0 Å². The van der Waals surface area contributed by atoms with E-state index < -0.39 is 15.3 Å². The number of hydrogen-bond acceptors (Lipinski definition) is 4. The molecule has 1 heterocycles. The lowest BCUT2D eigenvalue weighted by Crippen LogP contribution is -2.51. The Hall–Kier alpha value is -1.89. The van der Waals surface area contributed by atoms with Crippen LogP contribution in [0, 0.1) is 5.41 Å². The molecule has 0 aliphatic carbocycles. The van der Waals surface area contributed by atoms with Crippen LogP contribution < -0.4 is 5.32 Å². The minimum absolute atomic E-state index is 0.0268. The summed E-state index contributed by atoms with van der Waals surface area (Å²) in [5, 5.41) is 2.81. The maximum absolute atomic E-state index is 12.7. The predicted octanol–water partition coefficient (Wildman–Crippen LogP) is 1.02. The first-order chi connectivity index (χ1) is 11.6. The fourth-order valence-electron chi connectivity index (χ4n) is 2.97. The smallest absolute Gasteiger partial charge is 0.237 e. The number of nitrogens with one attached hydrogen (secondary N) is 1. The Bertz CT molecular complexity index is 729. The van der Waals surface area contributed by atoms with Crippen LogP contribution in [0.2, 0.25) is 0 Å². The van der Waals surface area contributed by atoms with Crippen molar-refractivity contribution < 1.29 is 18.0 Å². The third kappa shape index (κ3) is 4.81. The molecule has 25 heavy (non-hydrogen) atoms. The third-order valence-corrected chi connectivity index (χ3v) is 6.47. The Labute approximate surface area is 149 Å². The molecule has 2 rings (SSSR count). The molecule has 1 atom stereocenters. The molecule has 0 bridgehead atoms. The van der Waals surface area contributed by atoms with Crippen molar-refractivity contribution >= 4 is 21.7 Å². The Morgan fingerprint density at radius 3 is 2.44 bits per heavy atom. The standard InChI is InChI=1S/C18H26N2O4S/c1-18(2,16(21)19-11-9-14-7-5-4-6-8-14)17(22)20(3)15-10-12-25(23,24)13-15/h4-8,15H,9-13H2,1-3H3,(H,19,21). The second-order valence-corrected chi connectivity index (χ2v) is 9.32. The van der Waals surface area contributed by atoms with Crippen molar-refractivity contribution in [2.75, 3.05) is 25.1 Å². The van der Waals surface area contributed by atoms with E-state index in [0.717, 1.165) is 5.56 Å². The molecule has 138 valence electrons. The molecule has 1 aliphatic heterocycles. The topological polar surface area (TPSA) is 83.6 Å². The van der Waals surface area contributed by atoms with Crippen LogP contribution in [0.5, 0.6) is 0 Å². The number of hydrogen-bond donors (Lipinski definition) is 1. The molecule has 0 radical (unpaired) electrons. The molecule has 1 saturated heterocycles. The molecule has 1 aromatic rings. The summed E-state index contributed by atoms with van der Waals surface area (Å²) in [6.45, 7) is 3.60. The van der Waals surface area contributed by atoms with E-state index in [9.17, 15) is 18.0 Å². The maximum atomic E-state index is 12.7. The number of benzene rings is 1. The van der Waals surface area contributed by atoms with Gasteiger partial charge in [0.1, 0.15) is 5.41 Å². The van der Waals surface area contributed by atoms with Crippen molar-refractivity contribution in [3.05, 3.63) is 35.9 Å². The highest BCUT2D eigenvalue weighted by atomic mass is 32.2. The maximum Gasteiger partial charge on any atom is 0.237 e. The SMILES string of the molecule is CN(C(=O)C(C)(C)C(=O)NCCc1ccccc1)C1CCS(=O)(=O)C1. The normalized spacial score (nSPS) is 19.4. The first-order valence-electron chi connectivity index (χ1n) is 8.43. The number of rotatable bonds is 6. The Morgan fingerprint density at radius 2 is 1.88 bits per heavy atom. The Kier molecular flexibility index (Phi) is 5.87. The van der Waals surface area contributed by atoms with Crippen LogP contribution >= 0.6 is 0 Å². The summed E-state index contributed by atoms with van der Waals surface area (Å²) in [6, 6.07) is 9.43. The summed E-state index contributed by atoms with van der Waals surface area (Å²) in [4.78, 5) is 26.6. The van der Waals surface area contributed by atoms with E-state index in [1.165, 1.54) is 4.90 Å². The first kappa shape index (κ1) is 19.4. The van der Waals surface area contributed by atoms with Gasteiger partial charge in [0.05, 0.1) is 11.5 Å². The van der Waals surface area contributed by atoms with Gasteiger partial charge >= 0.3 is 0 Å². The zero-order valence-electron chi connectivity index (χ0n) is 15.0. The fourth-order valence-corrected chi connectivity index (χ4v) is 4.75. The summed E-state index contributed by atoms with van der Waals surface area (Å²) in [6.07, 6.45) is 1.11. The van der Waals surface area contributed by atoms with Crippen molar-refractivity contribution in [2.45, 2.75) is 32.7 Å². The average molecular weight is 366 g/mol. The second kappa shape index (κ2) is 7.56. The average Bonchev–Trinajstić information content (AvgIpc) is 2.94. The van der Waals surface area contributed by atoms with Gasteiger partial charge in [0.25, 0.3) is 0 Å². The molecule has 1 N–H and O–H groups in total. The van der Waals surface area contributed by atoms with E-state index >= 15 is 0 Å². The molecular formula is C18H26N2O4S.